The molecule has 0 radical (unpaired) electrons. The highest BCUT2D eigenvalue weighted by Gasteiger charge is 2.33. The molecule has 0 fully saturated rings. The van der Waals surface area contributed by atoms with Gasteiger partial charge in [0.25, 0.3) is 5.56 Å². The minimum absolute atomic E-state index is 0.0337. The van der Waals surface area contributed by atoms with Gasteiger partial charge in [-0.3, -0.25) is 9.36 Å². The van der Waals surface area contributed by atoms with Crippen molar-refractivity contribution < 1.29 is 4.74 Å². The molecule has 3 aromatic rings. The van der Waals surface area contributed by atoms with Crippen molar-refractivity contribution in [1.29, 1.82) is 0 Å². The van der Waals surface area contributed by atoms with Crippen LogP contribution in [0.1, 0.15) is 49.6 Å². The highest BCUT2D eigenvalue weighted by Crippen LogP contribution is 2.39. The van der Waals surface area contributed by atoms with Gasteiger partial charge in [0.1, 0.15) is 4.83 Å². The Labute approximate surface area is 184 Å². The molecular formula is C22H25ClN2O2S2. The van der Waals surface area contributed by atoms with Crippen molar-refractivity contribution in [2.75, 3.05) is 5.75 Å². The number of hydrogen-bond donors (Lipinski definition) is 0. The number of aromatic nitrogens is 2. The van der Waals surface area contributed by atoms with Crippen LogP contribution in [0.15, 0.2) is 34.2 Å². The molecule has 0 bridgehead atoms. The van der Waals surface area contributed by atoms with Crippen LogP contribution in [0.25, 0.3) is 10.2 Å². The Morgan fingerprint density at radius 1 is 1.34 bits per heavy atom. The van der Waals surface area contributed by atoms with E-state index in [-0.39, 0.29) is 11.2 Å². The van der Waals surface area contributed by atoms with Gasteiger partial charge in [-0.25, -0.2) is 4.98 Å². The molecule has 1 aromatic carbocycles. The Balaban J connectivity index is 1.88. The molecule has 29 heavy (non-hydrogen) atoms. The average molecular weight is 449 g/mol. The van der Waals surface area contributed by atoms with E-state index in [2.05, 4.69) is 20.8 Å². The van der Waals surface area contributed by atoms with Crippen LogP contribution in [0.4, 0.5) is 0 Å². The normalized spacial score (nSPS) is 18.9. The largest absolute Gasteiger partial charge is 0.369 e. The smallest absolute Gasteiger partial charge is 0.263 e. The second kappa shape index (κ2) is 8.42. The summed E-state index contributed by atoms with van der Waals surface area (Å²) in [5.74, 6) is 0.919. The maximum Gasteiger partial charge on any atom is 0.263 e. The van der Waals surface area contributed by atoms with E-state index in [0.29, 0.717) is 18.2 Å². The second-order valence-corrected chi connectivity index (χ2v) is 10.2. The van der Waals surface area contributed by atoms with E-state index in [9.17, 15) is 4.79 Å². The summed E-state index contributed by atoms with van der Waals surface area (Å²) in [6.07, 6.45) is 2.69. The Morgan fingerprint density at radius 2 is 2.14 bits per heavy atom. The number of ether oxygens (including phenoxy) is 1. The standard InChI is InChI=1S/C22H25ClN2O2S2/c1-4-10-28-21-24-19-18(15-11-22(3,5-2)27-13-17(15)29-19)20(26)25(21)12-14-8-6-7-9-16(14)23/h6-9H,4-5,10-13H2,1-3H3/t22-/m0/s1. The lowest BCUT2D eigenvalue weighted by molar-refractivity contribution is -0.0543. The third-order valence-corrected chi connectivity index (χ3v) is 8.18. The van der Waals surface area contributed by atoms with Crippen molar-refractivity contribution in [2.24, 2.45) is 0 Å². The molecular weight excluding hydrogens is 424 g/mol. The van der Waals surface area contributed by atoms with Crippen LogP contribution < -0.4 is 5.56 Å². The van der Waals surface area contributed by atoms with Gasteiger partial charge in [0.2, 0.25) is 0 Å². The molecule has 4 rings (SSSR count). The van der Waals surface area contributed by atoms with Gasteiger partial charge in [-0.2, -0.15) is 0 Å². The number of thioether (sulfide) groups is 1. The van der Waals surface area contributed by atoms with Crippen molar-refractivity contribution in [3.8, 4) is 0 Å². The van der Waals surface area contributed by atoms with E-state index < -0.39 is 0 Å². The number of benzene rings is 1. The zero-order chi connectivity index (χ0) is 20.6. The fourth-order valence-corrected chi connectivity index (χ4v) is 5.79. The van der Waals surface area contributed by atoms with Gasteiger partial charge >= 0.3 is 0 Å². The molecule has 0 saturated carbocycles. The first-order valence-electron chi connectivity index (χ1n) is 10.0. The second-order valence-electron chi connectivity index (χ2n) is 7.68. The van der Waals surface area contributed by atoms with Crippen LogP contribution >= 0.6 is 34.7 Å². The predicted octanol–water partition coefficient (Wildman–Crippen LogP) is 5.90. The molecule has 0 amide bonds. The summed E-state index contributed by atoms with van der Waals surface area (Å²) in [6, 6.07) is 7.69. The molecule has 0 spiro atoms. The minimum Gasteiger partial charge on any atom is -0.369 e. The molecule has 1 aliphatic rings. The van der Waals surface area contributed by atoms with E-state index in [0.717, 1.165) is 56.4 Å². The molecule has 0 saturated heterocycles. The molecule has 154 valence electrons. The van der Waals surface area contributed by atoms with Crippen LogP contribution in [0, 0.1) is 0 Å². The van der Waals surface area contributed by atoms with Crippen LogP contribution in [0.2, 0.25) is 5.02 Å². The van der Waals surface area contributed by atoms with Gasteiger partial charge in [-0.05, 0) is 37.0 Å². The van der Waals surface area contributed by atoms with Crippen molar-refractivity contribution in [1.82, 2.24) is 9.55 Å². The van der Waals surface area contributed by atoms with E-state index >= 15 is 0 Å². The fourth-order valence-electron chi connectivity index (χ4n) is 3.60. The number of nitrogens with zero attached hydrogens (tertiary/aromatic N) is 2. The first kappa shape index (κ1) is 20.9. The quantitative estimate of drug-likeness (QED) is 0.347. The molecule has 1 aliphatic heterocycles. The molecule has 0 N–H and O–H groups in total. The first-order valence-corrected chi connectivity index (χ1v) is 12.2. The number of halogens is 1. The SMILES string of the molecule is CCCSc1nc2sc3c(c2c(=O)n1Cc1ccccc1Cl)C[C@](C)(CC)OC3. The third kappa shape index (κ3) is 4.00. The highest BCUT2D eigenvalue weighted by molar-refractivity contribution is 7.99. The zero-order valence-electron chi connectivity index (χ0n) is 17.0. The van der Waals surface area contributed by atoms with Crippen molar-refractivity contribution >= 4 is 44.9 Å². The Bertz CT molecular complexity index is 1110. The van der Waals surface area contributed by atoms with Gasteiger partial charge in [0, 0.05) is 22.1 Å². The molecule has 7 heteroatoms. The van der Waals surface area contributed by atoms with Crippen LogP contribution in [-0.2, 0) is 24.3 Å². The molecule has 3 heterocycles. The maximum atomic E-state index is 13.7. The number of rotatable bonds is 6. The maximum absolute atomic E-state index is 13.7. The first-order chi connectivity index (χ1) is 14.0. The summed E-state index contributed by atoms with van der Waals surface area (Å²) in [5.41, 5.74) is 1.86. The summed E-state index contributed by atoms with van der Waals surface area (Å²) in [6.45, 7) is 7.38. The van der Waals surface area contributed by atoms with Gasteiger partial charge in [-0.1, -0.05) is 55.4 Å². The van der Waals surface area contributed by atoms with Gasteiger partial charge < -0.3 is 4.74 Å². The van der Waals surface area contributed by atoms with Crippen molar-refractivity contribution in [2.45, 2.75) is 63.9 Å². The van der Waals surface area contributed by atoms with Gasteiger partial charge in [-0.15, -0.1) is 11.3 Å². The van der Waals surface area contributed by atoms with E-state index in [1.54, 1.807) is 27.7 Å². The Hall–Kier alpha value is -1.34. The molecule has 0 unspecified atom stereocenters. The summed E-state index contributed by atoms with van der Waals surface area (Å²) >= 11 is 9.63. The molecule has 0 aliphatic carbocycles. The summed E-state index contributed by atoms with van der Waals surface area (Å²) in [7, 11) is 0. The molecule has 4 nitrogen and oxygen atoms in total. The summed E-state index contributed by atoms with van der Waals surface area (Å²) in [4.78, 5) is 20.6. The zero-order valence-corrected chi connectivity index (χ0v) is 19.3. The van der Waals surface area contributed by atoms with Crippen LogP contribution in [-0.4, -0.2) is 20.9 Å². The highest BCUT2D eigenvalue weighted by atomic mass is 35.5. The average Bonchev–Trinajstić information content (AvgIpc) is 3.07. The van der Waals surface area contributed by atoms with E-state index in [4.69, 9.17) is 21.3 Å². The van der Waals surface area contributed by atoms with E-state index in [1.807, 2.05) is 24.3 Å². The Kier molecular flexibility index (Phi) is 6.07. The molecule has 2 aromatic heterocycles. The van der Waals surface area contributed by atoms with Crippen molar-refractivity contribution in [3.63, 3.8) is 0 Å². The number of hydrogen-bond acceptors (Lipinski definition) is 5. The summed E-state index contributed by atoms with van der Waals surface area (Å²) in [5, 5.41) is 2.20. The van der Waals surface area contributed by atoms with Crippen LogP contribution in [0.5, 0.6) is 0 Å². The summed E-state index contributed by atoms with van der Waals surface area (Å²) < 4.78 is 7.90. The lowest BCUT2D eigenvalue weighted by Crippen LogP contribution is -2.34. The third-order valence-electron chi connectivity index (χ3n) is 5.53. The predicted molar refractivity (Wildman–Crippen MR) is 123 cm³/mol. The molecule has 1 atom stereocenters. The number of thiophene rings is 1. The van der Waals surface area contributed by atoms with Crippen LogP contribution in [0.3, 0.4) is 0 Å². The van der Waals surface area contributed by atoms with Crippen molar-refractivity contribution in [3.05, 3.63) is 55.6 Å². The van der Waals surface area contributed by atoms with Gasteiger partial charge in [0.15, 0.2) is 5.16 Å². The lowest BCUT2D eigenvalue weighted by atomic mass is 9.90. The van der Waals surface area contributed by atoms with E-state index in [1.165, 1.54) is 0 Å². The Morgan fingerprint density at radius 3 is 2.86 bits per heavy atom. The van der Waals surface area contributed by atoms with Gasteiger partial charge in [0.05, 0.1) is 24.1 Å². The minimum atomic E-state index is -0.226. The number of fused-ring (bicyclic) bond motifs is 3. The monoisotopic (exact) mass is 448 g/mol. The fraction of sp³-hybridized carbons (Fsp3) is 0.455. The topological polar surface area (TPSA) is 44.1 Å². The lowest BCUT2D eigenvalue weighted by Gasteiger charge is -2.32.